The number of methoxy groups -OCH3 is 1. The highest BCUT2D eigenvalue weighted by Gasteiger charge is 2.32. The first-order valence-electron chi connectivity index (χ1n) is 8.42. The lowest BCUT2D eigenvalue weighted by atomic mass is 9.85. The predicted molar refractivity (Wildman–Crippen MR) is 103 cm³/mol. The molecule has 0 fully saturated rings. The number of aryl methyl sites for hydroxylation is 2. The third-order valence-electron chi connectivity index (χ3n) is 4.38. The summed E-state index contributed by atoms with van der Waals surface area (Å²) in [6, 6.07) is 26.8. The van der Waals surface area contributed by atoms with Crippen molar-refractivity contribution in [3.63, 3.8) is 0 Å². The van der Waals surface area contributed by atoms with Gasteiger partial charge in [0.05, 0.1) is 0 Å². The topological polar surface area (TPSA) is 9.23 Å². The van der Waals surface area contributed by atoms with Gasteiger partial charge in [0.1, 0.15) is 0 Å². The molecule has 0 heterocycles. The van der Waals surface area contributed by atoms with Crippen LogP contribution in [0.3, 0.4) is 0 Å². The average Bonchev–Trinajstić information content (AvgIpc) is 2.66. The minimum Gasteiger partial charge on any atom is -0.357 e. The fourth-order valence-corrected chi connectivity index (χ4v) is 2.86. The predicted octanol–water partition coefficient (Wildman–Crippen LogP) is 5.25. The zero-order valence-corrected chi connectivity index (χ0v) is 14.9. The molecule has 0 bridgehead atoms. The molecule has 0 spiro atoms. The highest BCUT2D eigenvalue weighted by Crippen LogP contribution is 2.33. The van der Waals surface area contributed by atoms with E-state index in [1.807, 2.05) is 30.3 Å². The van der Waals surface area contributed by atoms with Crippen molar-refractivity contribution in [1.82, 2.24) is 0 Å². The van der Waals surface area contributed by atoms with Gasteiger partial charge in [0.15, 0.2) is 5.60 Å². The summed E-state index contributed by atoms with van der Waals surface area (Å²) in [6.45, 7) is 4.17. The number of rotatable bonds is 3. The van der Waals surface area contributed by atoms with Crippen LogP contribution in [-0.2, 0) is 10.3 Å². The quantitative estimate of drug-likeness (QED) is 0.598. The SMILES string of the molecule is COC(C#Cc1ccccc1)(c1ccc(C)cc1)c1ccc(C)cc1. The lowest BCUT2D eigenvalue weighted by molar-refractivity contribution is 0.0742. The Labute approximate surface area is 150 Å². The van der Waals surface area contributed by atoms with E-state index in [-0.39, 0.29) is 0 Å². The highest BCUT2D eigenvalue weighted by molar-refractivity contribution is 5.49. The lowest BCUT2D eigenvalue weighted by Crippen LogP contribution is -2.28. The molecule has 0 atom stereocenters. The van der Waals surface area contributed by atoms with Crippen molar-refractivity contribution >= 4 is 0 Å². The summed E-state index contributed by atoms with van der Waals surface area (Å²) in [7, 11) is 1.72. The van der Waals surface area contributed by atoms with Crippen molar-refractivity contribution < 1.29 is 4.74 Å². The van der Waals surface area contributed by atoms with Crippen molar-refractivity contribution in [2.24, 2.45) is 0 Å². The van der Waals surface area contributed by atoms with E-state index in [2.05, 4.69) is 74.2 Å². The van der Waals surface area contributed by atoms with Crippen LogP contribution in [0.5, 0.6) is 0 Å². The van der Waals surface area contributed by atoms with Gasteiger partial charge in [-0.25, -0.2) is 0 Å². The Morgan fingerprint density at radius 2 is 1.16 bits per heavy atom. The Morgan fingerprint density at radius 1 is 0.680 bits per heavy atom. The summed E-state index contributed by atoms with van der Waals surface area (Å²) in [6.07, 6.45) is 0. The normalized spacial score (nSPS) is 10.8. The van der Waals surface area contributed by atoms with Gasteiger partial charge in [-0.1, -0.05) is 89.7 Å². The Hall–Kier alpha value is -2.82. The van der Waals surface area contributed by atoms with Crippen molar-refractivity contribution in [3.05, 3.63) is 107 Å². The second kappa shape index (κ2) is 7.38. The standard InChI is InChI=1S/C24H22O/c1-19-9-13-22(14-10-19)24(25-3,23-15-11-20(2)12-16-23)18-17-21-7-5-4-6-8-21/h4-16H,1-3H3. The van der Waals surface area contributed by atoms with E-state index in [4.69, 9.17) is 4.74 Å². The van der Waals surface area contributed by atoms with Crippen LogP contribution in [0.15, 0.2) is 78.9 Å². The molecule has 0 aliphatic rings. The van der Waals surface area contributed by atoms with Crippen molar-refractivity contribution in [2.45, 2.75) is 19.4 Å². The van der Waals surface area contributed by atoms with Crippen LogP contribution >= 0.6 is 0 Å². The molecule has 0 N–H and O–H groups in total. The number of ether oxygens (including phenoxy) is 1. The van der Waals surface area contributed by atoms with Gasteiger partial charge in [0, 0.05) is 23.8 Å². The summed E-state index contributed by atoms with van der Waals surface area (Å²) in [5.41, 5.74) is 4.68. The molecule has 25 heavy (non-hydrogen) atoms. The van der Waals surface area contributed by atoms with Crippen molar-refractivity contribution in [2.75, 3.05) is 7.11 Å². The molecule has 0 aliphatic heterocycles. The van der Waals surface area contributed by atoms with E-state index in [0.717, 1.165) is 16.7 Å². The second-order valence-electron chi connectivity index (χ2n) is 6.23. The maximum atomic E-state index is 6.04. The van der Waals surface area contributed by atoms with Gasteiger partial charge < -0.3 is 4.74 Å². The van der Waals surface area contributed by atoms with Crippen LogP contribution in [-0.4, -0.2) is 7.11 Å². The maximum Gasteiger partial charge on any atom is 0.179 e. The molecule has 124 valence electrons. The molecule has 0 unspecified atom stereocenters. The van der Waals surface area contributed by atoms with Crippen LogP contribution in [0.2, 0.25) is 0 Å². The number of hydrogen-bond donors (Lipinski definition) is 0. The molecular weight excluding hydrogens is 304 g/mol. The third kappa shape index (κ3) is 3.65. The number of benzene rings is 3. The molecule has 0 radical (unpaired) electrons. The summed E-state index contributed by atoms with van der Waals surface area (Å²) in [4.78, 5) is 0. The molecule has 3 aromatic carbocycles. The van der Waals surface area contributed by atoms with E-state index in [0.29, 0.717) is 0 Å². The largest absolute Gasteiger partial charge is 0.357 e. The molecule has 1 heteroatoms. The zero-order valence-electron chi connectivity index (χ0n) is 14.9. The Kier molecular flexibility index (Phi) is 5.03. The van der Waals surface area contributed by atoms with Gasteiger partial charge in [-0.3, -0.25) is 0 Å². The minimum absolute atomic E-state index is 0.794. The molecule has 0 aliphatic carbocycles. The van der Waals surface area contributed by atoms with Crippen LogP contribution < -0.4 is 0 Å². The van der Waals surface area contributed by atoms with Crippen molar-refractivity contribution in [3.8, 4) is 11.8 Å². The summed E-state index contributed by atoms with van der Waals surface area (Å²) >= 11 is 0. The van der Waals surface area contributed by atoms with Gasteiger partial charge >= 0.3 is 0 Å². The van der Waals surface area contributed by atoms with Crippen LogP contribution in [0.4, 0.5) is 0 Å². The van der Waals surface area contributed by atoms with Crippen LogP contribution in [0, 0.1) is 25.7 Å². The summed E-state index contributed by atoms with van der Waals surface area (Å²) in [5.74, 6) is 6.69. The molecular formula is C24H22O. The van der Waals surface area contributed by atoms with Crippen LogP contribution in [0.1, 0.15) is 27.8 Å². The molecule has 0 aromatic heterocycles. The maximum absolute atomic E-state index is 6.04. The first-order valence-corrected chi connectivity index (χ1v) is 8.42. The smallest absolute Gasteiger partial charge is 0.179 e. The summed E-state index contributed by atoms with van der Waals surface area (Å²) < 4.78 is 6.04. The van der Waals surface area contributed by atoms with E-state index in [1.165, 1.54) is 11.1 Å². The first kappa shape index (κ1) is 17.0. The summed E-state index contributed by atoms with van der Waals surface area (Å²) in [5, 5.41) is 0. The first-order chi connectivity index (χ1) is 12.1. The van der Waals surface area contributed by atoms with Gasteiger partial charge in [-0.05, 0) is 26.0 Å². The zero-order chi connectivity index (χ0) is 17.7. The molecule has 0 saturated heterocycles. The van der Waals surface area contributed by atoms with Gasteiger partial charge in [-0.15, -0.1) is 0 Å². The lowest BCUT2D eigenvalue weighted by Gasteiger charge is -2.28. The molecule has 0 saturated carbocycles. The van der Waals surface area contributed by atoms with E-state index < -0.39 is 5.60 Å². The number of hydrogen-bond acceptors (Lipinski definition) is 1. The molecule has 3 rings (SSSR count). The Balaban J connectivity index is 2.17. The monoisotopic (exact) mass is 326 g/mol. The molecule has 3 aromatic rings. The van der Waals surface area contributed by atoms with E-state index in [1.54, 1.807) is 7.11 Å². The minimum atomic E-state index is -0.794. The fourth-order valence-electron chi connectivity index (χ4n) is 2.86. The Bertz CT molecular complexity index is 833. The second-order valence-corrected chi connectivity index (χ2v) is 6.23. The van der Waals surface area contributed by atoms with Gasteiger partial charge in [-0.2, -0.15) is 0 Å². The molecule has 1 nitrogen and oxygen atoms in total. The van der Waals surface area contributed by atoms with Gasteiger partial charge in [0.25, 0.3) is 0 Å². The van der Waals surface area contributed by atoms with Gasteiger partial charge in [0.2, 0.25) is 0 Å². The van der Waals surface area contributed by atoms with E-state index in [9.17, 15) is 0 Å². The molecule has 0 amide bonds. The average molecular weight is 326 g/mol. The fraction of sp³-hybridized carbons (Fsp3) is 0.167. The van der Waals surface area contributed by atoms with Crippen molar-refractivity contribution in [1.29, 1.82) is 0 Å². The third-order valence-corrected chi connectivity index (χ3v) is 4.38. The van der Waals surface area contributed by atoms with Crippen LogP contribution in [0.25, 0.3) is 0 Å². The highest BCUT2D eigenvalue weighted by atomic mass is 16.5. The van der Waals surface area contributed by atoms with E-state index >= 15 is 0 Å². The Morgan fingerprint density at radius 3 is 1.60 bits per heavy atom.